The molecule has 0 aromatic carbocycles. The van der Waals surface area contributed by atoms with E-state index >= 15 is 0 Å². The van der Waals surface area contributed by atoms with Crippen molar-refractivity contribution in [2.75, 3.05) is 13.2 Å². The fourth-order valence-electron chi connectivity index (χ4n) is 6.41. The van der Waals surface area contributed by atoms with Crippen molar-refractivity contribution in [2.24, 2.45) is 0 Å². The fourth-order valence-corrected chi connectivity index (χ4v) is 6.41. The summed E-state index contributed by atoms with van der Waals surface area (Å²) in [5.41, 5.74) is 0. The smallest absolute Gasteiger partial charge is 0.249 e. The zero-order valence-corrected chi connectivity index (χ0v) is 32.2. The molecule has 1 amide bonds. The van der Waals surface area contributed by atoms with Gasteiger partial charge in [0.25, 0.3) is 0 Å². The molecule has 0 spiro atoms. The van der Waals surface area contributed by atoms with Gasteiger partial charge in [-0.05, 0) is 32.1 Å². The summed E-state index contributed by atoms with van der Waals surface area (Å²) in [6.45, 7) is 3.55. The molecule has 0 radical (unpaired) electrons. The zero-order valence-electron chi connectivity index (χ0n) is 32.2. The molecule has 0 aromatic heterocycles. The first-order valence-corrected chi connectivity index (χ1v) is 20.7. The second-order valence-electron chi connectivity index (χ2n) is 14.6. The van der Waals surface area contributed by atoms with Gasteiger partial charge < -0.3 is 45.4 Å². The SMILES string of the molecule is CCCCCCCC/C=C/CC/C=C/C(O)C(COC1OC(CO)C(O)C(O)C1O)NC(=O)C(O)CCCCCCCCCCCCCCCC. The molecule has 51 heavy (non-hydrogen) atoms. The minimum Gasteiger partial charge on any atom is -0.394 e. The summed E-state index contributed by atoms with van der Waals surface area (Å²) in [4.78, 5) is 13.0. The normalized spacial score (nSPS) is 22.9. The molecule has 300 valence electrons. The Kier molecular flexibility index (Phi) is 30.0. The van der Waals surface area contributed by atoms with Crippen LogP contribution in [0.5, 0.6) is 0 Å². The van der Waals surface area contributed by atoms with E-state index in [9.17, 15) is 35.4 Å². The highest BCUT2D eigenvalue weighted by atomic mass is 16.7. The number of carbonyl (C=O) groups is 1. The summed E-state index contributed by atoms with van der Waals surface area (Å²) in [5, 5.41) is 64.3. The third-order valence-corrected chi connectivity index (χ3v) is 9.89. The zero-order chi connectivity index (χ0) is 37.5. The van der Waals surface area contributed by atoms with Crippen molar-refractivity contribution in [1.29, 1.82) is 0 Å². The van der Waals surface area contributed by atoms with E-state index in [4.69, 9.17) is 9.47 Å². The molecule has 0 saturated carbocycles. The van der Waals surface area contributed by atoms with Gasteiger partial charge in [0.1, 0.15) is 30.5 Å². The van der Waals surface area contributed by atoms with Crippen LogP contribution < -0.4 is 5.32 Å². The van der Waals surface area contributed by atoms with Crippen LogP contribution in [0.4, 0.5) is 0 Å². The third kappa shape index (κ3) is 23.1. The van der Waals surface area contributed by atoms with Crippen molar-refractivity contribution in [3.05, 3.63) is 24.3 Å². The number of hydrogen-bond acceptors (Lipinski definition) is 9. The molecular formula is C41H77NO9. The third-order valence-electron chi connectivity index (χ3n) is 9.89. The monoisotopic (exact) mass is 728 g/mol. The van der Waals surface area contributed by atoms with Crippen molar-refractivity contribution in [2.45, 2.75) is 217 Å². The van der Waals surface area contributed by atoms with Crippen LogP contribution in [0.25, 0.3) is 0 Å². The summed E-state index contributed by atoms with van der Waals surface area (Å²) in [5.74, 6) is -0.628. The molecule has 1 rings (SSSR count). The largest absolute Gasteiger partial charge is 0.394 e. The van der Waals surface area contributed by atoms with Crippen molar-refractivity contribution in [3.63, 3.8) is 0 Å². The van der Waals surface area contributed by atoms with Crippen LogP contribution in [-0.4, -0.2) is 98.7 Å². The standard InChI is InChI=1S/C41H77NO9/c1-3-5-7-9-11-13-15-17-18-20-22-24-26-28-30-35(45)40(49)42-33(32-50-41-39(48)38(47)37(46)36(31-43)51-41)34(44)29-27-25-23-21-19-16-14-12-10-8-6-4-2/h19,21,27,29,33-39,41,43-48H,3-18,20,22-26,28,30-32H2,1-2H3,(H,42,49)/b21-19+,29-27+. The summed E-state index contributed by atoms with van der Waals surface area (Å²) in [6.07, 6.45) is 25.5. The Bertz CT molecular complexity index is 870. The number of carbonyl (C=O) groups excluding carboxylic acids is 1. The predicted octanol–water partition coefficient (Wildman–Crippen LogP) is 6.52. The highest BCUT2D eigenvalue weighted by molar-refractivity contribution is 5.80. The summed E-state index contributed by atoms with van der Waals surface area (Å²) >= 11 is 0. The molecule has 8 unspecified atom stereocenters. The highest BCUT2D eigenvalue weighted by Gasteiger charge is 2.44. The molecule has 10 nitrogen and oxygen atoms in total. The molecule has 0 aliphatic carbocycles. The lowest BCUT2D eigenvalue weighted by Gasteiger charge is -2.40. The van der Waals surface area contributed by atoms with E-state index in [1.54, 1.807) is 6.08 Å². The maximum absolute atomic E-state index is 13.0. The number of allylic oxidation sites excluding steroid dienone is 3. The van der Waals surface area contributed by atoms with E-state index in [0.29, 0.717) is 19.3 Å². The summed E-state index contributed by atoms with van der Waals surface area (Å²) in [6, 6.07) is -0.990. The fraction of sp³-hybridized carbons (Fsp3) is 0.878. The number of unbranched alkanes of at least 4 members (excludes halogenated alkanes) is 20. The van der Waals surface area contributed by atoms with E-state index in [1.807, 2.05) is 6.08 Å². The Morgan fingerprint density at radius 1 is 0.667 bits per heavy atom. The predicted molar refractivity (Wildman–Crippen MR) is 204 cm³/mol. The van der Waals surface area contributed by atoms with Crippen LogP contribution in [0, 0.1) is 0 Å². The number of hydrogen-bond donors (Lipinski definition) is 7. The van der Waals surface area contributed by atoms with E-state index in [-0.39, 0.29) is 6.61 Å². The molecule has 7 N–H and O–H groups in total. The van der Waals surface area contributed by atoms with Crippen molar-refractivity contribution >= 4 is 5.91 Å². The van der Waals surface area contributed by atoms with Crippen LogP contribution in [-0.2, 0) is 14.3 Å². The highest BCUT2D eigenvalue weighted by Crippen LogP contribution is 2.22. The number of amides is 1. The van der Waals surface area contributed by atoms with Crippen molar-refractivity contribution < 1.29 is 44.9 Å². The molecule has 10 heteroatoms. The molecule has 1 aliphatic rings. The van der Waals surface area contributed by atoms with Crippen molar-refractivity contribution in [1.82, 2.24) is 5.32 Å². The number of nitrogens with one attached hydrogen (secondary N) is 1. The first kappa shape index (κ1) is 47.7. The first-order valence-electron chi connectivity index (χ1n) is 20.7. The molecule has 1 saturated heterocycles. The molecule has 8 atom stereocenters. The van der Waals surface area contributed by atoms with E-state index in [1.165, 1.54) is 103 Å². The average Bonchev–Trinajstić information content (AvgIpc) is 3.13. The van der Waals surface area contributed by atoms with Gasteiger partial charge in [-0.2, -0.15) is 0 Å². The number of ether oxygens (including phenoxy) is 2. The minimum absolute atomic E-state index is 0.307. The van der Waals surface area contributed by atoms with Gasteiger partial charge in [-0.3, -0.25) is 4.79 Å². The number of aliphatic hydroxyl groups excluding tert-OH is 6. The molecule has 1 heterocycles. The number of rotatable bonds is 33. The Balaban J connectivity index is 2.50. The van der Waals surface area contributed by atoms with Gasteiger partial charge in [-0.1, -0.05) is 160 Å². The van der Waals surface area contributed by atoms with E-state index in [0.717, 1.165) is 32.1 Å². The van der Waals surface area contributed by atoms with Crippen molar-refractivity contribution in [3.8, 4) is 0 Å². The Morgan fingerprint density at radius 2 is 1.16 bits per heavy atom. The van der Waals surface area contributed by atoms with Gasteiger partial charge in [-0.25, -0.2) is 0 Å². The summed E-state index contributed by atoms with van der Waals surface area (Å²) in [7, 11) is 0. The van der Waals surface area contributed by atoms with Gasteiger partial charge in [0.2, 0.25) is 5.91 Å². The van der Waals surface area contributed by atoms with Gasteiger partial charge in [0, 0.05) is 0 Å². The molecule has 1 aliphatic heterocycles. The van der Waals surface area contributed by atoms with Crippen LogP contribution in [0.3, 0.4) is 0 Å². The molecular weight excluding hydrogens is 650 g/mol. The van der Waals surface area contributed by atoms with Crippen LogP contribution in [0.15, 0.2) is 24.3 Å². The van der Waals surface area contributed by atoms with Gasteiger partial charge in [0.05, 0.1) is 25.4 Å². The van der Waals surface area contributed by atoms with E-state index in [2.05, 4.69) is 31.3 Å². The minimum atomic E-state index is -1.61. The Labute approximate surface area is 310 Å². The maximum atomic E-state index is 13.0. The summed E-state index contributed by atoms with van der Waals surface area (Å²) < 4.78 is 11.1. The lowest BCUT2D eigenvalue weighted by Crippen LogP contribution is -2.60. The second-order valence-corrected chi connectivity index (χ2v) is 14.6. The molecule has 0 aromatic rings. The van der Waals surface area contributed by atoms with Gasteiger partial charge in [0.15, 0.2) is 6.29 Å². The first-order chi connectivity index (χ1) is 24.8. The second kappa shape index (κ2) is 32.1. The van der Waals surface area contributed by atoms with Crippen LogP contribution >= 0.6 is 0 Å². The van der Waals surface area contributed by atoms with Gasteiger partial charge in [-0.15, -0.1) is 0 Å². The maximum Gasteiger partial charge on any atom is 0.249 e. The lowest BCUT2D eigenvalue weighted by molar-refractivity contribution is -0.302. The number of aliphatic hydroxyl groups is 6. The Morgan fingerprint density at radius 3 is 1.71 bits per heavy atom. The quantitative estimate of drug-likeness (QED) is 0.0294. The average molecular weight is 728 g/mol. The Hall–Kier alpha value is -1.37. The van der Waals surface area contributed by atoms with E-state index < -0.39 is 61.5 Å². The van der Waals surface area contributed by atoms with Crippen LogP contribution in [0.2, 0.25) is 0 Å². The topological polar surface area (TPSA) is 169 Å². The van der Waals surface area contributed by atoms with Crippen LogP contribution in [0.1, 0.15) is 168 Å². The van der Waals surface area contributed by atoms with Gasteiger partial charge >= 0.3 is 0 Å². The lowest BCUT2D eigenvalue weighted by atomic mass is 9.99. The molecule has 0 bridgehead atoms. The molecule has 1 fully saturated rings.